The molecule has 2 heterocycles. The van der Waals surface area contributed by atoms with Crippen LogP contribution in [-0.2, 0) is 9.47 Å². The molecule has 1 aliphatic carbocycles. The molecule has 0 aromatic rings. The minimum atomic E-state index is 0.132. The van der Waals surface area contributed by atoms with Crippen molar-refractivity contribution >= 4 is 0 Å². The molecule has 0 bridgehead atoms. The Bertz CT molecular complexity index is 266. The lowest BCUT2D eigenvalue weighted by molar-refractivity contribution is -0.140. The average molecular weight is 253 g/mol. The third-order valence-electron chi connectivity index (χ3n) is 4.80. The van der Waals surface area contributed by atoms with Gasteiger partial charge in [0.15, 0.2) is 0 Å². The number of hydrogen-bond acceptors (Lipinski definition) is 3. The zero-order chi connectivity index (χ0) is 12.4. The van der Waals surface area contributed by atoms with E-state index in [1.807, 2.05) is 0 Å². The lowest BCUT2D eigenvalue weighted by Crippen LogP contribution is -2.51. The third-order valence-corrected chi connectivity index (χ3v) is 4.80. The first-order valence-corrected chi connectivity index (χ1v) is 7.74. The fraction of sp³-hybridized carbons (Fsp3) is 1.00. The van der Waals surface area contributed by atoms with Crippen LogP contribution in [0.5, 0.6) is 0 Å². The predicted molar refractivity (Wildman–Crippen MR) is 71.7 cm³/mol. The van der Waals surface area contributed by atoms with Gasteiger partial charge >= 0.3 is 0 Å². The Balaban J connectivity index is 1.49. The topological polar surface area (TPSA) is 30.5 Å². The highest BCUT2D eigenvalue weighted by Crippen LogP contribution is 2.36. The van der Waals surface area contributed by atoms with E-state index in [4.69, 9.17) is 9.47 Å². The molecule has 2 aliphatic heterocycles. The Morgan fingerprint density at radius 3 is 2.67 bits per heavy atom. The highest BCUT2D eigenvalue weighted by atomic mass is 16.5. The smallest absolute Gasteiger partial charge is 0.0741 e. The molecule has 3 rings (SSSR count). The van der Waals surface area contributed by atoms with Gasteiger partial charge in [0, 0.05) is 31.9 Å². The molecule has 104 valence electrons. The fourth-order valence-corrected chi connectivity index (χ4v) is 3.59. The van der Waals surface area contributed by atoms with Crippen LogP contribution in [-0.4, -0.2) is 37.5 Å². The first-order chi connectivity index (χ1) is 8.76. The van der Waals surface area contributed by atoms with E-state index in [1.54, 1.807) is 0 Å². The zero-order valence-electron chi connectivity index (χ0n) is 11.6. The van der Waals surface area contributed by atoms with Crippen molar-refractivity contribution in [3.63, 3.8) is 0 Å². The molecule has 3 fully saturated rings. The Morgan fingerprint density at radius 2 is 1.94 bits per heavy atom. The van der Waals surface area contributed by atoms with Crippen molar-refractivity contribution in [2.75, 3.05) is 19.8 Å². The SMILES string of the molecule is CC(CC1CC1)NC1CCOC2(CCOCC2)C1. The second kappa shape index (κ2) is 5.48. The molecule has 1 saturated carbocycles. The Labute approximate surface area is 111 Å². The van der Waals surface area contributed by atoms with E-state index >= 15 is 0 Å². The lowest BCUT2D eigenvalue weighted by atomic mass is 9.84. The molecule has 1 N–H and O–H groups in total. The van der Waals surface area contributed by atoms with Gasteiger partial charge in [-0.05, 0) is 44.9 Å². The van der Waals surface area contributed by atoms with Crippen LogP contribution in [0, 0.1) is 5.92 Å². The van der Waals surface area contributed by atoms with Gasteiger partial charge in [0.2, 0.25) is 0 Å². The molecule has 1 spiro atoms. The summed E-state index contributed by atoms with van der Waals surface area (Å²) in [4.78, 5) is 0. The summed E-state index contributed by atoms with van der Waals surface area (Å²) in [5, 5.41) is 3.84. The summed E-state index contributed by atoms with van der Waals surface area (Å²) in [7, 11) is 0. The molecule has 18 heavy (non-hydrogen) atoms. The fourth-order valence-electron chi connectivity index (χ4n) is 3.59. The highest BCUT2D eigenvalue weighted by molar-refractivity contribution is 4.92. The van der Waals surface area contributed by atoms with Crippen LogP contribution < -0.4 is 5.32 Å². The third kappa shape index (κ3) is 3.25. The highest BCUT2D eigenvalue weighted by Gasteiger charge is 2.39. The quantitative estimate of drug-likeness (QED) is 0.835. The van der Waals surface area contributed by atoms with Gasteiger partial charge in [-0.3, -0.25) is 0 Å². The minimum absolute atomic E-state index is 0.132. The van der Waals surface area contributed by atoms with E-state index in [-0.39, 0.29) is 5.60 Å². The van der Waals surface area contributed by atoms with Crippen LogP contribution in [0.25, 0.3) is 0 Å². The van der Waals surface area contributed by atoms with Gasteiger partial charge in [0.25, 0.3) is 0 Å². The van der Waals surface area contributed by atoms with E-state index in [9.17, 15) is 0 Å². The molecule has 2 saturated heterocycles. The van der Waals surface area contributed by atoms with Crippen molar-refractivity contribution in [1.82, 2.24) is 5.32 Å². The van der Waals surface area contributed by atoms with Crippen molar-refractivity contribution in [3.05, 3.63) is 0 Å². The molecule has 0 amide bonds. The van der Waals surface area contributed by atoms with E-state index in [0.29, 0.717) is 12.1 Å². The van der Waals surface area contributed by atoms with Crippen LogP contribution in [0.3, 0.4) is 0 Å². The Hall–Kier alpha value is -0.120. The first kappa shape index (κ1) is 12.9. The first-order valence-electron chi connectivity index (χ1n) is 7.74. The molecule has 0 radical (unpaired) electrons. The summed E-state index contributed by atoms with van der Waals surface area (Å²) in [6.45, 7) is 5.03. The van der Waals surface area contributed by atoms with Gasteiger partial charge in [-0.2, -0.15) is 0 Å². The molecular weight excluding hydrogens is 226 g/mol. The van der Waals surface area contributed by atoms with Crippen LogP contribution in [0.1, 0.15) is 51.9 Å². The minimum Gasteiger partial charge on any atom is -0.381 e. The standard InChI is InChI=1S/C15H27NO2/c1-12(10-13-2-3-13)16-14-4-7-18-15(11-14)5-8-17-9-6-15/h12-14,16H,2-11H2,1H3. The number of hydrogen-bond donors (Lipinski definition) is 1. The van der Waals surface area contributed by atoms with Gasteiger partial charge < -0.3 is 14.8 Å². The van der Waals surface area contributed by atoms with E-state index in [2.05, 4.69) is 12.2 Å². The van der Waals surface area contributed by atoms with Crippen molar-refractivity contribution in [3.8, 4) is 0 Å². The lowest BCUT2D eigenvalue weighted by Gasteiger charge is -2.44. The van der Waals surface area contributed by atoms with Gasteiger partial charge in [0.1, 0.15) is 0 Å². The largest absolute Gasteiger partial charge is 0.381 e. The van der Waals surface area contributed by atoms with Crippen LogP contribution in [0.15, 0.2) is 0 Å². The average Bonchev–Trinajstić information content (AvgIpc) is 3.14. The number of rotatable bonds is 4. The van der Waals surface area contributed by atoms with Gasteiger partial charge in [-0.25, -0.2) is 0 Å². The summed E-state index contributed by atoms with van der Waals surface area (Å²) in [6.07, 6.45) is 8.82. The van der Waals surface area contributed by atoms with Crippen LogP contribution in [0.4, 0.5) is 0 Å². The molecule has 2 unspecified atom stereocenters. The maximum Gasteiger partial charge on any atom is 0.0741 e. The molecular formula is C15H27NO2. The van der Waals surface area contributed by atoms with Crippen LogP contribution >= 0.6 is 0 Å². The summed E-state index contributed by atoms with van der Waals surface area (Å²) < 4.78 is 11.6. The monoisotopic (exact) mass is 253 g/mol. The van der Waals surface area contributed by atoms with Gasteiger partial charge in [-0.15, -0.1) is 0 Å². The molecule has 2 atom stereocenters. The van der Waals surface area contributed by atoms with Crippen LogP contribution in [0.2, 0.25) is 0 Å². The number of ether oxygens (including phenoxy) is 2. The maximum atomic E-state index is 6.09. The van der Waals surface area contributed by atoms with E-state index in [1.165, 1.54) is 32.1 Å². The number of nitrogens with one attached hydrogen (secondary N) is 1. The molecule has 0 aromatic carbocycles. The normalized spacial score (nSPS) is 33.5. The summed E-state index contributed by atoms with van der Waals surface area (Å²) in [5.74, 6) is 1.02. The van der Waals surface area contributed by atoms with Crippen molar-refractivity contribution in [2.24, 2.45) is 5.92 Å². The summed E-state index contributed by atoms with van der Waals surface area (Å²) in [6, 6.07) is 1.34. The second-order valence-electron chi connectivity index (χ2n) is 6.58. The molecule has 3 nitrogen and oxygen atoms in total. The van der Waals surface area contributed by atoms with E-state index in [0.717, 1.165) is 38.6 Å². The predicted octanol–water partition coefficient (Wildman–Crippen LogP) is 2.49. The Morgan fingerprint density at radius 1 is 1.17 bits per heavy atom. The molecule has 3 aliphatic rings. The van der Waals surface area contributed by atoms with Crippen molar-refractivity contribution in [2.45, 2.75) is 69.6 Å². The summed E-state index contributed by atoms with van der Waals surface area (Å²) in [5.41, 5.74) is 0.132. The summed E-state index contributed by atoms with van der Waals surface area (Å²) >= 11 is 0. The Kier molecular flexibility index (Phi) is 3.92. The maximum absolute atomic E-state index is 6.09. The molecule has 0 aromatic heterocycles. The second-order valence-corrected chi connectivity index (χ2v) is 6.58. The van der Waals surface area contributed by atoms with Gasteiger partial charge in [0.05, 0.1) is 5.60 Å². The molecule has 3 heteroatoms. The van der Waals surface area contributed by atoms with Gasteiger partial charge in [-0.1, -0.05) is 12.8 Å². The van der Waals surface area contributed by atoms with Crippen molar-refractivity contribution < 1.29 is 9.47 Å². The van der Waals surface area contributed by atoms with Crippen molar-refractivity contribution in [1.29, 1.82) is 0 Å². The van der Waals surface area contributed by atoms with E-state index < -0.39 is 0 Å². The zero-order valence-corrected chi connectivity index (χ0v) is 11.6.